The molecule has 0 aromatic heterocycles. The van der Waals surface area contributed by atoms with Gasteiger partial charge in [-0.25, -0.2) is 0 Å². The van der Waals surface area contributed by atoms with Gasteiger partial charge in [0.15, 0.2) is 0 Å². The summed E-state index contributed by atoms with van der Waals surface area (Å²) in [5.74, 6) is 0.668. The Morgan fingerprint density at radius 1 is 1.33 bits per heavy atom. The summed E-state index contributed by atoms with van der Waals surface area (Å²) in [5, 5.41) is 6.35. The van der Waals surface area contributed by atoms with Crippen LogP contribution in [-0.2, 0) is 16.1 Å². The van der Waals surface area contributed by atoms with Crippen LogP contribution in [0.5, 0.6) is 0 Å². The Morgan fingerprint density at radius 3 is 2.86 bits per heavy atom. The average molecular weight is 313 g/mol. The molecule has 1 amide bonds. The van der Waals surface area contributed by atoms with E-state index >= 15 is 0 Å². The Balaban J connectivity index is 0.00000220. The second kappa shape index (κ2) is 10.6. The molecule has 0 spiro atoms. The van der Waals surface area contributed by atoms with Crippen molar-refractivity contribution in [3.63, 3.8) is 0 Å². The van der Waals surface area contributed by atoms with Crippen molar-refractivity contribution in [3.8, 4) is 0 Å². The molecule has 2 rings (SSSR count). The second-order valence-corrected chi connectivity index (χ2v) is 5.30. The van der Waals surface area contributed by atoms with Crippen LogP contribution in [0.3, 0.4) is 0 Å². The summed E-state index contributed by atoms with van der Waals surface area (Å²) in [4.78, 5) is 11.7. The van der Waals surface area contributed by atoms with E-state index in [1.54, 1.807) is 0 Å². The fourth-order valence-electron chi connectivity index (χ4n) is 2.37. The Bertz CT molecular complexity index is 395. The molecule has 1 fully saturated rings. The molecule has 0 bridgehead atoms. The number of carbonyl (C=O) groups is 1. The van der Waals surface area contributed by atoms with Crippen LogP contribution in [0.1, 0.15) is 24.8 Å². The largest absolute Gasteiger partial charge is 0.376 e. The van der Waals surface area contributed by atoms with E-state index < -0.39 is 0 Å². The first-order chi connectivity index (χ1) is 9.84. The monoisotopic (exact) mass is 312 g/mol. The quantitative estimate of drug-likeness (QED) is 0.758. The normalized spacial score (nSPS) is 17.8. The number of halogens is 1. The average Bonchev–Trinajstić information content (AvgIpc) is 2.52. The van der Waals surface area contributed by atoms with Crippen LogP contribution in [0.4, 0.5) is 0 Å². The van der Waals surface area contributed by atoms with Crippen molar-refractivity contribution in [2.75, 3.05) is 26.2 Å². The molecule has 1 aromatic carbocycles. The first-order valence-electron chi connectivity index (χ1n) is 7.43. The Hall–Kier alpha value is -1.10. The molecule has 1 aliphatic rings. The molecule has 0 aliphatic carbocycles. The number of amides is 1. The van der Waals surface area contributed by atoms with Crippen molar-refractivity contribution < 1.29 is 9.53 Å². The van der Waals surface area contributed by atoms with E-state index in [9.17, 15) is 4.79 Å². The third kappa shape index (κ3) is 7.46. The predicted molar refractivity (Wildman–Crippen MR) is 86.6 cm³/mol. The molecule has 0 radical (unpaired) electrons. The molecule has 1 aromatic rings. The summed E-state index contributed by atoms with van der Waals surface area (Å²) >= 11 is 0. The van der Waals surface area contributed by atoms with Gasteiger partial charge >= 0.3 is 0 Å². The Labute approximate surface area is 133 Å². The second-order valence-electron chi connectivity index (χ2n) is 5.30. The van der Waals surface area contributed by atoms with Gasteiger partial charge in [0, 0.05) is 13.0 Å². The topological polar surface area (TPSA) is 50.4 Å². The number of ether oxygens (including phenoxy) is 1. The van der Waals surface area contributed by atoms with Crippen LogP contribution < -0.4 is 10.6 Å². The van der Waals surface area contributed by atoms with Crippen LogP contribution in [0.15, 0.2) is 30.3 Å². The van der Waals surface area contributed by atoms with Crippen LogP contribution in [0.25, 0.3) is 0 Å². The van der Waals surface area contributed by atoms with Crippen molar-refractivity contribution >= 4 is 18.3 Å². The highest BCUT2D eigenvalue weighted by Crippen LogP contribution is 2.08. The van der Waals surface area contributed by atoms with Gasteiger partial charge in [-0.15, -0.1) is 12.4 Å². The zero-order chi connectivity index (χ0) is 14.0. The van der Waals surface area contributed by atoms with Crippen molar-refractivity contribution in [1.82, 2.24) is 10.6 Å². The minimum atomic E-state index is 0. The molecular weight excluding hydrogens is 288 g/mol. The van der Waals surface area contributed by atoms with Gasteiger partial charge in [0.25, 0.3) is 0 Å². The number of hydrogen-bond donors (Lipinski definition) is 2. The van der Waals surface area contributed by atoms with Crippen LogP contribution in [0.2, 0.25) is 0 Å². The summed E-state index contributed by atoms with van der Waals surface area (Å²) in [6.45, 7) is 3.96. The van der Waals surface area contributed by atoms with Gasteiger partial charge in [0.2, 0.25) is 5.91 Å². The van der Waals surface area contributed by atoms with Gasteiger partial charge in [0.1, 0.15) is 0 Å². The fraction of sp³-hybridized carbons (Fsp3) is 0.562. The standard InChI is InChI=1S/C16H24N2O2.ClH/c19-16(18-12-15-7-4-9-17-11-15)8-10-20-13-14-5-2-1-3-6-14;/h1-3,5-6,15,17H,4,7-13H2,(H,18,19);1H. The van der Waals surface area contributed by atoms with Gasteiger partial charge in [-0.3, -0.25) is 4.79 Å². The molecule has 1 saturated heterocycles. The van der Waals surface area contributed by atoms with Gasteiger partial charge in [-0.2, -0.15) is 0 Å². The van der Waals surface area contributed by atoms with Gasteiger partial charge in [-0.1, -0.05) is 30.3 Å². The smallest absolute Gasteiger partial charge is 0.222 e. The van der Waals surface area contributed by atoms with E-state index in [1.165, 1.54) is 12.8 Å². The third-order valence-electron chi connectivity index (χ3n) is 3.57. The first-order valence-corrected chi connectivity index (χ1v) is 7.43. The molecule has 21 heavy (non-hydrogen) atoms. The molecule has 1 aliphatic heterocycles. The summed E-state index contributed by atoms with van der Waals surface area (Å²) in [6, 6.07) is 10.0. The maximum Gasteiger partial charge on any atom is 0.222 e. The van der Waals surface area contributed by atoms with E-state index in [0.29, 0.717) is 25.6 Å². The van der Waals surface area contributed by atoms with Crippen molar-refractivity contribution in [2.45, 2.75) is 25.9 Å². The summed E-state index contributed by atoms with van der Waals surface area (Å²) in [6.07, 6.45) is 2.85. The lowest BCUT2D eigenvalue weighted by Gasteiger charge is -2.22. The SMILES string of the molecule is Cl.O=C(CCOCc1ccccc1)NCC1CCCNC1. The Kier molecular flexibility index (Phi) is 9.06. The highest BCUT2D eigenvalue weighted by atomic mass is 35.5. The molecule has 5 heteroatoms. The Morgan fingerprint density at radius 2 is 2.14 bits per heavy atom. The molecule has 1 heterocycles. The number of piperidine rings is 1. The number of nitrogens with one attached hydrogen (secondary N) is 2. The van der Waals surface area contributed by atoms with Gasteiger partial charge in [0.05, 0.1) is 13.2 Å². The lowest BCUT2D eigenvalue weighted by atomic mass is 10.00. The van der Waals surface area contributed by atoms with Crippen molar-refractivity contribution in [3.05, 3.63) is 35.9 Å². The number of hydrogen-bond acceptors (Lipinski definition) is 3. The van der Waals surface area contributed by atoms with E-state index in [1.807, 2.05) is 30.3 Å². The number of carbonyl (C=O) groups excluding carboxylic acids is 1. The molecule has 1 atom stereocenters. The number of benzene rings is 1. The molecule has 0 saturated carbocycles. The zero-order valence-electron chi connectivity index (χ0n) is 12.3. The highest BCUT2D eigenvalue weighted by molar-refractivity contribution is 5.85. The third-order valence-corrected chi connectivity index (χ3v) is 3.57. The molecule has 118 valence electrons. The summed E-state index contributed by atoms with van der Waals surface area (Å²) in [5.41, 5.74) is 1.14. The van der Waals surface area contributed by atoms with E-state index in [2.05, 4.69) is 10.6 Å². The van der Waals surface area contributed by atoms with E-state index in [-0.39, 0.29) is 18.3 Å². The molecule has 4 nitrogen and oxygen atoms in total. The number of rotatable bonds is 7. The molecule has 1 unspecified atom stereocenters. The van der Waals surface area contributed by atoms with Crippen LogP contribution in [-0.4, -0.2) is 32.1 Å². The van der Waals surface area contributed by atoms with Crippen molar-refractivity contribution in [1.29, 1.82) is 0 Å². The van der Waals surface area contributed by atoms with Crippen LogP contribution >= 0.6 is 12.4 Å². The highest BCUT2D eigenvalue weighted by Gasteiger charge is 2.13. The van der Waals surface area contributed by atoms with Gasteiger partial charge in [-0.05, 0) is 37.4 Å². The van der Waals surface area contributed by atoms with Gasteiger partial charge < -0.3 is 15.4 Å². The summed E-state index contributed by atoms with van der Waals surface area (Å²) in [7, 11) is 0. The maximum absolute atomic E-state index is 11.7. The maximum atomic E-state index is 11.7. The van der Waals surface area contributed by atoms with E-state index in [4.69, 9.17) is 4.74 Å². The van der Waals surface area contributed by atoms with Crippen LogP contribution in [0, 0.1) is 5.92 Å². The van der Waals surface area contributed by atoms with Crippen molar-refractivity contribution in [2.24, 2.45) is 5.92 Å². The molecular formula is C16H25ClN2O2. The molecule has 2 N–H and O–H groups in total. The minimum absolute atomic E-state index is 0. The minimum Gasteiger partial charge on any atom is -0.376 e. The zero-order valence-corrected chi connectivity index (χ0v) is 13.2. The van der Waals surface area contributed by atoms with E-state index in [0.717, 1.165) is 25.2 Å². The lowest BCUT2D eigenvalue weighted by molar-refractivity contribution is -0.122. The summed E-state index contributed by atoms with van der Waals surface area (Å²) < 4.78 is 5.51. The fourth-order valence-corrected chi connectivity index (χ4v) is 2.37. The first kappa shape index (κ1) is 18.0. The predicted octanol–water partition coefficient (Wildman–Crippen LogP) is 2.13. The lowest BCUT2D eigenvalue weighted by Crippen LogP contribution is -2.38.